The van der Waals surface area contributed by atoms with Crippen LogP contribution in [0.15, 0.2) is 24.3 Å². The number of aromatic nitrogens is 1. The lowest BCUT2D eigenvalue weighted by Gasteiger charge is -2.05. The van der Waals surface area contributed by atoms with Gasteiger partial charge in [0.05, 0.1) is 17.3 Å². The van der Waals surface area contributed by atoms with E-state index in [1.807, 2.05) is 13.8 Å². The standard InChI is InChI=1S/C13H14N2O2S/c1-8-12(18-9(2)14-8)13(17)15-11-5-3-4-10(6-11)7-16/h3-6,16H,7H2,1-2H3,(H,15,17). The first-order valence-corrected chi connectivity index (χ1v) is 6.37. The van der Waals surface area contributed by atoms with Crippen LogP contribution in [-0.4, -0.2) is 16.0 Å². The first kappa shape index (κ1) is 12.7. The van der Waals surface area contributed by atoms with Crippen molar-refractivity contribution in [2.75, 3.05) is 5.32 Å². The largest absolute Gasteiger partial charge is 0.392 e. The van der Waals surface area contributed by atoms with Gasteiger partial charge in [-0.2, -0.15) is 0 Å². The molecule has 5 heteroatoms. The minimum Gasteiger partial charge on any atom is -0.392 e. The fourth-order valence-corrected chi connectivity index (χ4v) is 2.49. The number of nitrogens with one attached hydrogen (secondary N) is 1. The number of aliphatic hydroxyl groups excluding tert-OH is 1. The van der Waals surface area contributed by atoms with Crippen LogP contribution < -0.4 is 5.32 Å². The molecular weight excluding hydrogens is 248 g/mol. The second-order valence-corrected chi connectivity index (χ2v) is 5.16. The summed E-state index contributed by atoms with van der Waals surface area (Å²) in [6, 6.07) is 7.14. The highest BCUT2D eigenvalue weighted by atomic mass is 32.1. The van der Waals surface area contributed by atoms with Crippen LogP contribution in [0.4, 0.5) is 5.69 Å². The number of aliphatic hydroxyl groups is 1. The Hall–Kier alpha value is -1.72. The van der Waals surface area contributed by atoms with E-state index < -0.39 is 0 Å². The maximum Gasteiger partial charge on any atom is 0.267 e. The molecule has 2 N–H and O–H groups in total. The van der Waals surface area contributed by atoms with E-state index in [0.717, 1.165) is 16.3 Å². The number of rotatable bonds is 3. The number of nitrogens with zero attached hydrogens (tertiary/aromatic N) is 1. The molecule has 18 heavy (non-hydrogen) atoms. The molecule has 0 spiro atoms. The van der Waals surface area contributed by atoms with Crippen molar-refractivity contribution in [2.45, 2.75) is 20.5 Å². The lowest BCUT2D eigenvalue weighted by atomic mass is 10.2. The highest BCUT2D eigenvalue weighted by Crippen LogP contribution is 2.19. The summed E-state index contributed by atoms with van der Waals surface area (Å²) < 4.78 is 0. The third-order valence-electron chi connectivity index (χ3n) is 2.48. The van der Waals surface area contributed by atoms with E-state index >= 15 is 0 Å². The molecule has 0 aliphatic heterocycles. The molecule has 0 saturated heterocycles. The quantitative estimate of drug-likeness (QED) is 0.893. The number of anilines is 1. The molecule has 0 atom stereocenters. The Morgan fingerprint density at radius 1 is 1.44 bits per heavy atom. The zero-order valence-corrected chi connectivity index (χ0v) is 11.0. The molecule has 1 amide bonds. The Labute approximate surface area is 109 Å². The summed E-state index contributed by atoms with van der Waals surface area (Å²) in [5, 5.41) is 12.7. The molecule has 0 bridgehead atoms. The molecule has 2 aromatic rings. The van der Waals surface area contributed by atoms with Crippen LogP contribution in [0.1, 0.15) is 25.9 Å². The van der Waals surface area contributed by atoms with Gasteiger partial charge in [-0.15, -0.1) is 11.3 Å². The van der Waals surface area contributed by atoms with Crippen LogP contribution in [0.3, 0.4) is 0 Å². The monoisotopic (exact) mass is 262 g/mol. The number of hydrogen-bond donors (Lipinski definition) is 2. The highest BCUT2D eigenvalue weighted by molar-refractivity contribution is 7.13. The van der Waals surface area contributed by atoms with Crippen LogP contribution >= 0.6 is 11.3 Å². The molecule has 0 fully saturated rings. The lowest BCUT2D eigenvalue weighted by Crippen LogP contribution is -2.11. The van der Waals surface area contributed by atoms with Gasteiger partial charge in [-0.25, -0.2) is 4.98 Å². The van der Waals surface area contributed by atoms with E-state index in [-0.39, 0.29) is 12.5 Å². The van der Waals surface area contributed by atoms with Crippen molar-refractivity contribution >= 4 is 22.9 Å². The lowest BCUT2D eigenvalue weighted by molar-refractivity contribution is 0.103. The van der Waals surface area contributed by atoms with Gasteiger partial charge >= 0.3 is 0 Å². The van der Waals surface area contributed by atoms with Crippen molar-refractivity contribution in [1.29, 1.82) is 0 Å². The summed E-state index contributed by atoms with van der Waals surface area (Å²) >= 11 is 1.38. The SMILES string of the molecule is Cc1nc(C)c(C(=O)Nc2cccc(CO)c2)s1. The first-order chi connectivity index (χ1) is 8.60. The first-order valence-electron chi connectivity index (χ1n) is 5.55. The van der Waals surface area contributed by atoms with Crippen LogP contribution in [0.5, 0.6) is 0 Å². The predicted molar refractivity (Wildman–Crippen MR) is 71.9 cm³/mol. The molecule has 0 radical (unpaired) electrons. The zero-order chi connectivity index (χ0) is 13.1. The average molecular weight is 262 g/mol. The maximum absolute atomic E-state index is 12.0. The minimum atomic E-state index is -0.159. The van der Waals surface area contributed by atoms with Gasteiger partial charge in [0.15, 0.2) is 0 Å². The van der Waals surface area contributed by atoms with Crippen molar-refractivity contribution in [3.63, 3.8) is 0 Å². The summed E-state index contributed by atoms with van der Waals surface area (Å²) in [4.78, 5) is 16.9. The van der Waals surface area contributed by atoms with Crippen LogP contribution in [0.2, 0.25) is 0 Å². The number of aryl methyl sites for hydroxylation is 2. The maximum atomic E-state index is 12.0. The highest BCUT2D eigenvalue weighted by Gasteiger charge is 2.13. The molecular formula is C13H14N2O2S. The Morgan fingerprint density at radius 2 is 2.22 bits per heavy atom. The Kier molecular flexibility index (Phi) is 3.74. The molecule has 1 aromatic heterocycles. The van der Waals surface area contributed by atoms with E-state index in [1.54, 1.807) is 24.3 Å². The van der Waals surface area contributed by atoms with E-state index in [9.17, 15) is 4.79 Å². The van der Waals surface area contributed by atoms with Gasteiger partial charge in [0, 0.05) is 5.69 Å². The molecule has 0 aliphatic rings. The van der Waals surface area contributed by atoms with Gasteiger partial charge in [-0.3, -0.25) is 4.79 Å². The van der Waals surface area contributed by atoms with Gasteiger partial charge in [-0.05, 0) is 31.5 Å². The number of thiazole rings is 1. The second-order valence-electron chi connectivity index (χ2n) is 3.96. The molecule has 4 nitrogen and oxygen atoms in total. The number of carbonyl (C=O) groups excluding carboxylic acids is 1. The van der Waals surface area contributed by atoms with Crippen LogP contribution in [-0.2, 0) is 6.61 Å². The molecule has 2 rings (SSSR count). The number of carbonyl (C=O) groups is 1. The Balaban J connectivity index is 2.18. The topological polar surface area (TPSA) is 62.2 Å². The Bertz CT molecular complexity index is 578. The van der Waals surface area contributed by atoms with Crippen molar-refractivity contribution < 1.29 is 9.90 Å². The third-order valence-corrected chi connectivity index (χ3v) is 3.55. The average Bonchev–Trinajstić information content (AvgIpc) is 2.69. The van der Waals surface area contributed by atoms with E-state index in [4.69, 9.17) is 5.11 Å². The van der Waals surface area contributed by atoms with Crippen molar-refractivity contribution in [3.05, 3.63) is 45.4 Å². The molecule has 1 heterocycles. The smallest absolute Gasteiger partial charge is 0.267 e. The summed E-state index contributed by atoms with van der Waals surface area (Å²) in [6.07, 6.45) is 0. The summed E-state index contributed by atoms with van der Waals surface area (Å²) in [5.41, 5.74) is 2.19. The van der Waals surface area contributed by atoms with Crippen LogP contribution in [0, 0.1) is 13.8 Å². The fourth-order valence-electron chi connectivity index (χ4n) is 1.68. The van der Waals surface area contributed by atoms with E-state index in [1.165, 1.54) is 11.3 Å². The van der Waals surface area contributed by atoms with Crippen molar-refractivity contribution in [3.8, 4) is 0 Å². The number of benzene rings is 1. The van der Waals surface area contributed by atoms with Gasteiger partial charge in [-0.1, -0.05) is 12.1 Å². The van der Waals surface area contributed by atoms with Gasteiger partial charge in [0.1, 0.15) is 4.88 Å². The normalized spacial score (nSPS) is 10.4. The van der Waals surface area contributed by atoms with Crippen molar-refractivity contribution in [2.24, 2.45) is 0 Å². The minimum absolute atomic E-state index is 0.0393. The van der Waals surface area contributed by atoms with Gasteiger partial charge in [0.2, 0.25) is 0 Å². The summed E-state index contributed by atoms with van der Waals surface area (Å²) in [7, 11) is 0. The molecule has 1 aromatic carbocycles. The third kappa shape index (κ3) is 2.75. The van der Waals surface area contributed by atoms with Crippen LogP contribution in [0.25, 0.3) is 0 Å². The second kappa shape index (κ2) is 5.29. The Morgan fingerprint density at radius 3 is 2.83 bits per heavy atom. The number of amides is 1. The van der Waals surface area contributed by atoms with E-state index in [2.05, 4.69) is 10.3 Å². The zero-order valence-electron chi connectivity index (χ0n) is 10.2. The van der Waals surface area contributed by atoms with Gasteiger partial charge in [0.25, 0.3) is 5.91 Å². The number of hydrogen-bond acceptors (Lipinski definition) is 4. The van der Waals surface area contributed by atoms with E-state index in [0.29, 0.717) is 10.6 Å². The summed E-state index contributed by atoms with van der Waals surface area (Å²) in [5.74, 6) is -0.159. The fraction of sp³-hybridized carbons (Fsp3) is 0.231. The molecule has 0 saturated carbocycles. The molecule has 0 unspecified atom stereocenters. The molecule has 94 valence electrons. The van der Waals surface area contributed by atoms with Gasteiger partial charge < -0.3 is 10.4 Å². The summed E-state index contributed by atoms with van der Waals surface area (Å²) in [6.45, 7) is 3.66. The van der Waals surface area contributed by atoms with Crippen molar-refractivity contribution in [1.82, 2.24) is 4.98 Å². The predicted octanol–water partition coefficient (Wildman–Crippen LogP) is 2.50. The molecule has 0 aliphatic carbocycles.